The number of pyridine rings is 1. The molecule has 0 fully saturated rings. The minimum absolute atomic E-state index is 0.216. The van der Waals surface area contributed by atoms with Crippen molar-refractivity contribution in [1.82, 2.24) is 4.98 Å². The number of ether oxygens (including phenoxy) is 3. The summed E-state index contributed by atoms with van der Waals surface area (Å²) >= 11 is 0. The van der Waals surface area contributed by atoms with Gasteiger partial charge in [-0.1, -0.05) is 13.0 Å². The molecule has 1 aromatic heterocycles. The fourth-order valence-electron chi connectivity index (χ4n) is 2.30. The molecule has 0 radical (unpaired) electrons. The van der Waals surface area contributed by atoms with E-state index >= 15 is 0 Å². The zero-order valence-corrected chi connectivity index (χ0v) is 14.8. The average Bonchev–Trinajstić information content (AvgIpc) is 2.68. The van der Waals surface area contributed by atoms with Gasteiger partial charge in [0.25, 0.3) is 0 Å². The van der Waals surface area contributed by atoms with Crippen molar-refractivity contribution >= 4 is 0 Å². The Labute approximate surface area is 156 Å². The third-order valence-electron chi connectivity index (χ3n) is 3.73. The molecular formula is C21H19F2NO3. The summed E-state index contributed by atoms with van der Waals surface area (Å²) in [6, 6.07) is 15.7. The molecule has 0 aliphatic heterocycles. The highest BCUT2D eigenvalue weighted by Gasteiger charge is 2.10. The predicted octanol–water partition coefficient (Wildman–Crippen LogP) is 5.39. The summed E-state index contributed by atoms with van der Waals surface area (Å²) in [4.78, 5) is 3.88. The van der Waals surface area contributed by atoms with Crippen LogP contribution in [0.5, 0.6) is 23.1 Å². The molecule has 1 unspecified atom stereocenters. The Morgan fingerprint density at radius 1 is 0.889 bits per heavy atom. The SMILES string of the molecule is CCC(COc1ccc(Oc2cccc(F)c2)cc1)Oc1ccc(F)cn1. The summed E-state index contributed by atoms with van der Waals surface area (Å²) in [6.07, 6.45) is 1.60. The molecule has 27 heavy (non-hydrogen) atoms. The van der Waals surface area contributed by atoms with Gasteiger partial charge >= 0.3 is 0 Å². The normalized spacial score (nSPS) is 11.7. The first-order chi connectivity index (χ1) is 13.1. The van der Waals surface area contributed by atoms with Crippen LogP contribution in [-0.4, -0.2) is 17.7 Å². The molecule has 3 aromatic rings. The van der Waals surface area contributed by atoms with E-state index in [1.54, 1.807) is 36.4 Å². The summed E-state index contributed by atoms with van der Waals surface area (Å²) in [6.45, 7) is 2.28. The van der Waals surface area contributed by atoms with Gasteiger partial charge in [0.15, 0.2) is 0 Å². The number of hydrogen-bond acceptors (Lipinski definition) is 4. The van der Waals surface area contributed by atoms with Gasteiger partial charge in [0.05, 0.1) is 6.20 Å². The smallest absolute Gasteiger partial charge is 0.213 e. The van der Waals surface area contributed by atoms with Gasteiger partial charge in [-0.05, 0) is 48.9 Å². The van der Waals surface area contributed by atoms with Crippen LogP contribution < -0.4 is 14.2 Å². The summed E-state index contributed by atoms with van der Waals surface area (Å²) in [5, 5.41) is 0. The van der Waals surface area contributed by atoms with Crippen LogP contribution in [0.3, 0.4) is 0 Å². The number of halogens is 2. The summed E-state index contributed by atoms with van der Waals surface area (Å²) < 4.78 is 43.1. The van der Waals surface area contributed by atoms with Gasteiger partial charge in [-0.2, -0.15) is 0 Å². The van der Waals surface area contributed by atoms with E-state index in [1.165, 1.54) is 24.3 Å². The zero-order chi connectivity index (χ0) is 19.1. The molecule has 0 bridgehead atoms. The van der Waals surface area contributed by atoms with E-state index < -0.39 is 5.82 Å². The van der Waals surface area contributed by atoms with E-state index in [1.807, 2.05) is 6.92 Å². The van der Waals surface area contributed by atoms with Gasteiger partial charge in [-0.15, -0.1) is 0 Å². The molecule has 0 spiro atoms. The molecule has 0 saturated carbocycles. The Morgan fingerprint density at radius 3 is 2.33 bits per heavy atom. The topological polar surface area (TPSA) is 40.6 Å². The first-order valence-corrected chi connectivity index (χ1v) is 8.57. The van der Waals surface area contributed by atoms with Crippen LogP contribution >= 0.6 is 0 Å². The Bertz CT molecular complexity index is 854. The van der Waals surface area contributed by atoms with Gasteiger partial charge in [-0.25, -0.2) is 13.8 Å². The highest BCUT2D eigenvalue weighted by Crippen LogP contribution is 2.24. The molecule has 0 aliphatic carbocycles. The third kappa shape index (κ3) is 5.67. The van der Waals surface area contributed by atoms with E-state index in [-0.39, 0.29) is 11.9 Å². The van der Waals surface area contributed by atoms with Crippen LogP contribution in [0, 0.1) is 11.6 Å². The number of rotatable bonds is 8. The Balaban J connectivity index is 1.53. The minimum Gasteiger partial charge on any atom is -0.490 e. The molecule has 4 nitrogen and oxygen atoms in total. The van der Waals surface area contributed by atoms with Crippen LogP contribution in [-0.2, 0) is 0 Å². The lowest BCUT2D eigenvalue weighted by Crippen LogP contribution is -2.24. The molecule has 140 valence electrons. The third-order valence-corrected chi connectivity index (χ3v) is 3.73. The number of aromatic nitrogens is 1. The second kappa shape index (κ2) is 8.98. The Hall–Kier alpha value is -3.15. The van der Waals surface area contributed by atoms with E-state index in [9.17, 15) is 8.78 Å². The number of benzene rings is 2. The molecule has 3 rings (SSSR count). The summed E-state index contributed by atoms with van der Waals surface area (Å²) in [5.41, 5.74) is 0. The largest absolute Gasteiger partial charge is 0.490 e. The van der Waals surface area contributed by atoms with Gasteiger partial charge in [0.2, 0.25) is 5.88 Å². The van der Waals surface area contributed by atoms with Crippen molar-refractivity contribution in [3.05, 3.63) is 78.5 Å². The zero-order valence-electron chi connectivity index (χ0n) is 14.8. The number of nitrogens with zero attached hydrogens (tertiary/aromatic N) is 1. The molecule has 0 aliphatic rings. The average molecular weight is 371 g/mol. The van der Waals surface area contributed by atoms with Gasteiger partial charge in [0, 0.05) is 12.1 Å². The summed E-state index contributed by atoms with van der Waals surface area (Å²) in [7, 11) is 0. The quantitative estimate of drug-likeness (QED) is 0.532. The van der Waals surface area contributed by atoms with Crippen molar-refractivity contribution in [1.29, 1.82) is 0 Å². The van der Waals surface area contributed by atoms with Crippen molar-refractivity contribution in [2.45, 2.75) is 19.4 Å². The summed E-state index contributed by atoms with van der Waals surface area (Å²) in [5.74, 6) is 1.24. The van der Waals surface area contributed by atoms with Crippen molar-refractivity contribution in [2.75, 3.05) is 6.61 Å². The van der Waals surface area contributed by atoms with Crippen LogP contribution in [0.4, 0.5) is 8.78 Å². The Morgan fingerprint density at radius 2 is 1.67 bits per heavy atom. The van der Waals surface area contributed by atoms with Crippen LogP contribution in [0.2, 0.25) is 0 Å². The van der Waals surface area contributed by atoms with Crippen LogP contribution in [0.25, 0.3) is 0 Å². The second-order valence-electron chi connectivity index (χ2n) is 5.80. The lowest BCUT2D eigenvalue weighted by atomic mass is 10.3. The molecular weight excluding hydrogens is 352 g/mol. The van der Waals surface area contributed by atoms with Crippen molar-refractivity contribution in [2.24, 2.45) is 0 Å². The van der Waals surface area contributed by atoms with E-state index in [0.717, 1.165) is 6.20 Å². The fraction of sp³-hybridized carbons (Fsp3) is 0.190. The maximum absolute atomic E-state index is 13.2. The van der Waals surface area contributed by atoms with E-state index in [4.69, 9.17) is 14.2 Å². The Kier molecular flexibility index (Phi) is 6.20. The molecule has 0 N–H and O–H groups in total. The molecule has 1 heterocycles. The highest BCUT2D eigenvalue weighted by molar-refractivity contribution is 5.35. The van der Waals surface area contributed by atoms with E-state index in [2.05, 4.69) is 4.98 Å². The van der Waals surface area contributed by atoms with Crippen LogP contribution in [0.1, 0.15) is 13.3 Å². The first-order valence-electron chi connectivity index (χ1n) is 8.57. The monoisotopic (exact) mass is 371 g/mol. The molecule has 0 amide bonds. The van der Waals surface area contributed by atoms with Crippen molar-refractivity contribution < 1.29 is 23.0 Å². The molecule has 1 atom stereocenters. The fourth-order valence-corrected chi connectivity index (χ4v) is 2.30. The highest BCUT2D eigenvalue weighted by atomic mass is 19.1. The molecule has 6 heteroatoms. The van der Waals surface area contributed by atoms with Gasteiger partial charge in [0.1, 0.15) is 41.6 Å². The lowest BCUT2D eigenvalue weighted by Gasteiger charge is -2.17. The van der Waals surface area contributed by atoms with Gasteiger partial charge in [-0.3, -0.25) is 0 Å². The standard InChI is InChI=1S/C21H19F2NO3/c1-2-17(27-21-11-6-16(23)13-24-21)14-25-18-7-9-19(10-8-18)26-20-5-3-4-15(22)12-20/h3-13,17H,2,14H2,1H3. The lowest BCUT2D eigenvalue weighted by molar-refractivity contribution is 0.120. The minimum atomic E-state index is -0.410. The number of hydrogen-bond donors (Lipinski definition) is 0. The second-order valence-corrected chi connectivity index (χ2v) is 5.80. The van der Waals surface area contributed by atoms with E-state index in [0.29, 0.717) is 36.2 Å². The molecule has 2 aromatic carbocycles. The predicted molar refractivity (Wildman–Crippen MR) is 97.3 cm³/mol. The molecule has 0 saturated heterocycles. The maximum Gasteiger partial charge on any atom is 0.213 e. The van der Waals surface area contributed by atoms with Crippen molar-refractivity contribution in [3.63, 3.8) is 0 Å². The van der Waals surface area contributed by atoms with Crippen molar-refractivity contribution in [3.8, 4) is 23.1 Å². The van der Waals surface area contributed by atoms with Crippen LogP contribution in [0.15, 0.2) is 66.9 Å². The first kappa shape index (κ1) is 18.6. The maximum atomic E-state index is 13.2. The van der Waals surface area contributed by atoms with Gasteiger partial charge < -0.3 is 14.2 Å².